The van der Waals surface area contributed by atoms with Crippen molar-refractivity contribution < 1.29 is 24.0 Å². The van der Waals surface area contributed by atoms with Crippen molar-refractivity contribution in [2.24, 2.45) is 0 Å². The number of nitro groups is 1. The third kappa shape index (κ3) is 3.41. The van der Waals surface area contributed by atoms with Crippen molar-refractivity contribution in [3.8, 4) is 11.5 Å². The number of nitro benzene ring substituents is 1. The number of rotatable bonds is 6. The number of para-hydroxylation sites is 1. The molecule has 0 fully saturated rings. The van der Waals surface area contributed by atoms with E-state index in [9.17, 15) is 20.0 Å². The summed E-state index contributed by atoms with van der Waals surface area (Å²) in [6, 6.07) is 10.9. The van der Waals surface area contributed by atoms with E-state index in [0.717, 1.165) is 5.39 Å². The third-order valence-electron chi connectivity index (χ3n) is 3.67. The number of ketones is 1. The monoisotopic (exact) mass is 353 g/mol. The lowest BCUT2D eigenvalue weighted by Crippen LogP contribution is -1.92. The second kappa shape index (κ2) is 7.10. The number of nitrogens with zero attached hydrogens (tertiary/aromatic N) is 1. The van der Waals surface area contributed by atoms with Crippen LogP contribution in [0.25, 0.3) is 17.0 Å². The second-order valence-electron chi connectivity index (χ2n) is 5.42. The molecule has 2 aromatic carbocycles. The lowest BCUT2D eigenvalue weighted by Gasteiger charge is -2.02. The van der Waals surface area contributed by atoms with Gasteiger partial charge < -0.3 is 14.3 Å². The van der Waals surface area contributed by atoms with Crippen molar-refractivity contribution in [1.29, 1.82) is 0 Å². The van der Waals surface area contributed by atoms with Crippen molar-refractivity contribution in [1.82, 2.24) is 0 Å². The molecule has 26 heavy (non-hydrogen) atoms. The molecular formula is C19H15NO6. The molecule has 0 aliphatic heterocycles. The van der Waals surface area contributed by atoms with E-state index in [1.54, 1.807) is 12.1 Å². The molecule has 7 nitrogen and oxygen atoms in total. The van der Waals surface area contributed by atoms with Crippen LogP contribution >= 0.6 is 0 Å². The minimum absolute atomic E-state index is 0.136. The Bertz CT molecular complexity index is 1020. The minimum atomic E-state index is -0.691. The van der Waals surface area contributed by atoms with Crippen LogP contribution in [-0.2, 0) is 0 Å². The van der Waals surface area contributed by atoms with E-state index < -0.39 is 16.4 Å². The number of benzene rings is 2. The number of allylic oxidation sites excluding steroid dienone is 1. The van der Waals surface area contributed by atoms with E-state index in [4.69, 9.17) is 9.15 Å². The molecule has 0 amide bonds. The predicted molar refractivity (Wildman–Crippen MR) is 95.5 cm³/mol. The molecule has 1 aromatic heterocycles. The Morgan fingerprint density at radius 3 is 2.85 bits per heavy atom. The Morgan fingerprint density at radius 2 is 2.12 bits per heavy atom. The van der Waals surface area contributed by atoms with Crippen LogP contribution in [0.2, 0.25) is 0 Å². The van der Waals surface area contributed by atoms with Gasteiger partial charge in [0.2, 0.25) is 5.78 Å². The second-order valence-corrected chi connectivity index (χ2v) is 5.42. The molecule has 3 rings (SSSR count). The molecule has 132 valence electrons. The van der Waals surface area contributed by atoms with E-state index in [0.29, 0.717) is 23.5 Å². The van der Waals surface area contributed by atoms with Crippen molar-refractivity contribution in [2.45, 2.75) is 6.92 Å². The first-order valence-electron chi connectivity index (χ1n) is 7.84. The summed E-state index contributed by atoms with van der Waals surface area (Å²) in [5.74, 6) is -0.127. The van der Waals surface area contributed by atoms with Gasteiger partial charge in [0.1, 0.15) is 0 Å². The molecule has 0 saturated heterocycles. The summed E-state index contributed by atoms with van der Waals surface area (Å²) in [5, 5.41) is 21.0. The smallest absolute Gasteiger partial charge is 0.311 e. The standard InChI is InChI=1S/C19H15NO6/c1-2-25-17-5-3-4-13-11-18(26-19(13)17)16(22)9-7-12-6-8-15(21)14(10-12)20(23)24/h3-11,21H,2H2,1H3/b9-7+. The summed E-state index contributed by atoms with van der Waals surface area (Å²) in [7, 11) is 0. The fraction of sp³-hybridized carbons (Fsp3) is 0.105. The molecule has 0 aliphatic carbocycles. The lowest BCUT2D eigenvalue weighted by atomic mass is 10.1. The van der Waals surface area contributed by atoms with Crippen LogP contribution in [0.5, 0.6) is 11.5 Å². The molecular weight excluding hydrogens is 338 g/mol. The molecule has 0 atom stereocenters. The maximum Gasteiger partial charge on any atom is 0.311 e. The summed E-state index contributed by atoms with van der Waals surface area (Å²) in [6.45, 7) is 2.33. The molecule has 0 radical (unpaired) electrons. The number of phenolic OH excluding ortho intramolecular Hbond substituents is 1. The molecule has 0 saturated carbocycles. The Balaban J connectivity index is 1.87. The molecule has 7 heteroatoms. The van der Waals surface area contributed by atoms with Gasteiger partial charge in [-0.1, -0.05) is 24.3 Å². The zero-order valence-corrected chi connectivity index (χ0v) is 13.8. The fourth-order valence-electron chi connectivity index (χ4n) is 2.47. The number of furan rings is 1. The van der Waals surface area contributed by atoms with Gasteiger partial charge in [0.05, 0.1) is 11.5 Å². The summed E-state index contributed by atoms with van der Waals surface area (Å²) < 4.78 is 11.1. The molecule has 0 aliphatic rings. The molecule has 0 bridgehead atoms. The van der Waals surface area contributed by atoms with Crippen LogP contribution in [0.4, 0.5) is 5.69 Å². The number of fused-ring (bicyclic) bond motifs is 1. The van der Waals surface area contributed by atoms with Gasteiger partial charge in [0.15, 0.2) is 22.8 Å². The third-order valence-corrected chi connectivity index (χ3v) is 3.67. The van der Waals surface area contributed by atoms with Gasteiger partial charge in [0.25, 0.3) is 0 Å². The van der Waals surface area contributed by atoms with Crippen LogP contribution in [0.1, 0.15) is 23.0 Å². The van der Waals surface area contributed by atoms with E-state index in [-0.39, 0.29) is 11.5 Å². The van der Waals surface area contributed by atoms with E-state index in [2.05, 4.69) is 0 Å². The normalized spacial score (nSPS) is 11.1. The molecule has 0 unspecified atom stereocenters. The number of hydrogen-bond acceptors (Lipinski definition) is 6. The predicted octanol–water partition coefficient (Wildman–Crippen LogP) is 4.34. The van der Waals surface area contributed by atoms with Crippen LogP contribution in [0.3, 0.4) is 0 Å². The number of ether oxygens (including phenoxy) is 1. The average Bonchev–Trinajstić information content (AvgIpc) is 3.06. The highest BCUT2D eigenvalue weighted by Crippen LogP contribution is 2.30. The number of hydrogen-bond donors (Lipinski definition) is 1. The largest absolute Gasteiger partial charge is 0.502 e. The Labute approximate surface area is 148 Å². The Hall–Kier alpha value is -3.61. The molecule has 1 heterocycles. The SMILES string of the molecule is CCOc1cccc2cc(C(=O)/C=C/c3ccc(O)c([N+](=O)[O-])c3)oc12. The topological polar surface area (TPSA) is 103 Å². The quantitative estimate of drug-likeness (QED) is 0.306. The van der Waals surface area contributed by atoms with Crippen molar-refractivity contribution in [3.63, 3.8) is 0 Å². The van der Waals surface area contributed by atoms with Gasteiger partial charge in [-0.25, -0.2) is 0 Å². The molecule has 1 N–H and O–H groups in total. The Kier molecular flexibility index (Phi) is 4.70. The van der Waals surface area contributed by atoms with E-state index in [1.165, 1.54) is 30.4 Å². The number of carbonyl (C=O) groups excluding carboxylic acids is 1. The maximum atomic E-state index is 12.3. The molecule has 3 aromatic rings. The highest BCUT2D eigenvalue weighted by Gasteiger charge is 2.15. The number of carbonyl (C=O) groups is 1. The summed E-state index contributed by atoms with van der Waals surface area (Å²) in [6.07, 6.45) is 2.68. The average molecular weight is 353 g/mol. The van der Waals surface area contributed by atoms with Gasteiger partial charge in [-0.15, -0.1) is 0 Å². The van der Waals surface area contributed by atoms with Crippen molar-refractivity contribution in [3.05, 3.63) is 70.0 Å². The first kappa shape index (κ1) is 17.2. The fourth-order valence-corrected chi connectivity index (χ4v) is 2.47. The number of phenols is 1. The highest BCUT2D eigenvalue weighted by atomic mass is 16.6. The van der Waals surface area contributed by atoms with Crippen molar-refractivity contribution >= 4 is 28.5 Å². The zero-order valence-electron chi connectivity index (χ0n) is 13.8. The summed E-state index contributed by atoms with van der Waals surface area (Å²) in [4.78, 5) is 22.5. The van der Waals surface area contributed by atoms with Gasteiger partial charge in [0, 0.05) is 11.5 Å². The van der Waals surface area contributed by atoms with Gasteiger partial charge in [-0.3, -0.25) is 14.9 Å². The van der Waals surface area contributed by atoms with Crippen LogP contribution in [0.15, 0.2) is 53.0 Å². The van der Waals surface area contributed by atoms with E-state index in [1.807, 2.05) is 19.1 Å². The molecule has 0 spiro atoms. The highest BCUT2D eigenvalue weighted by molar-refractivity contribution is 6.07. The summed E-state index contributed by atoms with van der Waals surface area (Å²) >= 11 is 0. The van der Waals surface area contributed by atoms with Crippen LogP contribution in [-0.4, -0.2) is 22.4 Å². The van der Waals surface area contributed by atoms with Crippen LogP contribution < -0.4 is 4.74 Å². The first-order chi connectivity index (χ1) is 12.5. The lowest BCUT2D eigenvalue weighted by molar-refractivity contribution is -0.385. The zero-order chi connectivity index (χ0) is 18.7. The first-order valence-corrected chi connectivity index (χ1v) is 7.84. The van der Waals surface area contributed by atoms with Gasteiger partial charge >= 0.3 is 5.69 Å². The van der Waals surface area contributed by atoms with Gasteiger partial charge in [-0.2, -0.15) is 0 Å². The van der Waals surface area contributed by atoms with E-state index >= 15 is 0 Å². The minimum Gasteiger partial charge on any atom is -0.502 e. The van der Waals surface area contributed by atoms with Crippen molar-refractivity contribution in [2.75, 3.05) is 6.61 Å². The number of aromatic hydroxyl groups is 1. The Morgan fingerprint density at radius 1 is 1.31 bits per heavy atom. The van der Waals surface area contributed by atoms with Crippen LogP contribution in [0, 0.1) is 10.1 Å². The maximum absolute atomic E-state index is 12.3. The van der Waals surface area contributed by atoms with Gasteiger partial charge in [-0.05, 0) is 36.8 Å². The summed E-state index contributed by atoms with van der Waals surface area (Å²) in [5.41, 5.74) is 0.477.